The van der Waals surface area contributed by atoms with Crippen LogP contribution >= 0.6 is 0 Å². The first kappa shape index (κ1) is 90.5. The average Bonchev–Trinajstić information content (AvgIpc) is 0.712. The SMILES string of the molecule is CCC(C)C(=O)OC(C)C1(C)OCOC(O)(C(F)(F)F)C1(F)F.CCC(C)C(=O)OCC1(C)COC(O)(C(F)(F)F)C(F)(F)C1(C)OC.CCC(C)C(=O)OCC1(C)COC(O)(C(F)(F)F)C(F)(F)C1(C)OC(C)=O.CCC(C)C(=O)OCC1(C)OCOC(O)(C(F)(F)F)C1(F)F. The summed E-state index contributed by atoms with van der Waals surface area (Å²) >= 11 is 0. The second-order valence-electron chi connectivity index (χ2n) is 24.7. The molecule has 0 amide bonds. The minimum atomic E-state index is -5.88. The van der Waals surface area contributed by atoms with E-state index in [2.05, 4.69) is 37.9 Å². The number of ether oxygens (including phenoxy) is 12. The maximum atomic E-state index is 14.9. The number of esters is 5. The summed E-state index contributed by atoms with van der Waals surface area (Å²) in [5, 5.41) is 37.8. The van der Waals surface area contributed by atoms with Gasteiger partial charge in [-0.25, -0.2) is 0 Å². The van der Waals surface area contributed by atoms with Crippen LogP contribution in [0.15, 0.2) is 0 Å². The molecule has 0 aromatic carbocycles. The van der Waals surface area contributed by atoms with Crippen molar-refractivity contribution in [1.82, 2.24) is 0 Å². The topological polar surface area (TPSA) is 277 Å². The van der Waals surface area contributed by atoms with Crippen LogP contribution in [-0.4, -0.2) is 204 Å². The van der Waals surface area contributed by atoms with Crippen molar-refractivity contribution in [2.24, 2.45) is 34.5 Å². The molecule has 21 nitrogen and oxygen atoms in total. The third kappa shape index (κ3) is 16.4. The molecule has 0 spiro atoms. The predicted molar refractivity (Wildman–Crippen MR) is 285 cm³/mol. The van der Waals surface area contributed by atoms with Crippen molar-refractivity contribution in [3.8, 4) is 0 Å². The first-order chi connectivity index (χ1) is 43.2. The number of alkyl halides is 20. The maximum absolute atomic E-state index is 14.9. The number of hydrogen-bond donors (Lipinski definition) is 4. The molecule has 4 heterocycles. The molecule has 0 aliphatic carbocycles. The lowest BCUT2D eigenvalue weighted by Crippen LogP contribution is -2.79. The molecule has 4 saturated heterocycles. The van der Waals surface area contributed by atoms with Crippen LogP contribution in [-0.2, 0) is 80.8 Å². The Bertz CT molecular complexity index is 2690. The zero-order valence-corrected chi connectivity index (χ0v) is 55.5. The molecule has 15 atom stereocenters. The summed E-state index contributed by atoms with van der Waals surface area (Å²) in [6.07, 6.45) is -23.4. The van der Waals surface area contributed by atoms with Gasteiger partial charge in [0.1, 0.15) is 31.5 Å². The van der Waals surface area contributed by atoms with Crippen molar-refractivity contribution in [2.45, 2.75) is 237 Å². The van der Waals surface area contributed by atoms with E-state index in [-0.39, 0.29) is 0 Å². The summed E-state index contributed by atoms with van der Waals surface area (Å²) in [4.78, 5) is 58.2. The Morgan fingerprint density at radius 1 is 0.423 bits per heavy atom. The van der Waals surface area contributed by atoms with E-state index in [1.165, 1.54) is 20.8 Å². The minimum absolute atomic E-state index is 0.356. The third-order valence-corrected chi connectivity index (χ3v) is 17.9. The molecule has 0 radical (unpaired) electrons. The number of rotatable bonds is 18. The number of methoxy groups -OCH3 is 1. The highest BCUT2D eigenvalue weighted by molar-refractivity contribution is 5.73. The van der Waals surface area contributed by atoms with Crippen molar-refractivity contribution < 1.29 is 189 Å². The molecule has 4 rings (SSSR count). The molecule has 4 aliphatic heterocycles. The molecule has 4 fully saturated rings. The number of halogens is 20. The first-order valence-corrected chi connectivity index (χ1v) is 29.1. The van der Waals surface area contributed by atoms with Crippen molar-refractivity contribution >= 4 is 29.8 Å². The van der Waals surface area contributed by atoms with Crippen LogP contribution in [0.25, 0.3) is 0 Å². The quantitative estimate of drug-likeness (QED) is 0.0564. The van der Waals surface area contributed by atoms with Gasteiger partial charge in [0.25, 0.3) is 0 Å². The van der Waals surface area contributed by atoms with Gasteiger partial charge in [0.15, 0.2) is 30.4 Å². The van der Waals surface area contributed by atoms with Crippen LogP contribution in [0.4, 0.5) is 87.8 Å². The van der Waals surface area contributed by atoms with E-state index in [4.69, 9.17) is 18.9 Å². The van der Waals surface area contributed by atoms with Gasteiger partial charge in [-0.05, 0) is 60.3 Å². The summed E-state index contributed by atoms with van der Waals surface area (Å²) in [7, 11) is 0.796. The highest BCUT2D eigenvalue weighted by Gasteiger charge is 2.86. The average molecular weight is 1470 g/mol. The van der Waals surface area contributed by atoms with E-state index < -0.39 is 211 Å². The molecular formula is C56H82F20O21. The zero-order valence-electron chi connectivity index (χ0n) is 55.5. The highest BCUT2D eigenvalue weighted by Crippen LogP contribution is 2.62. The van der Waals surface area contributed by atoms with Gasteiger partial charge < -0.3 is 77.3 Å². The van der Waals surface area contributed by atoms with Gasteiger partial charge >= 0.3 is 101 Å². The van der Waals surface area contributed by atoms with Crippen LogP contribution in [0.2, 0.25) is 0 Å². The summed E-state index contributed by atoms with van der Waals surface area (Å²) in [6.45, 7) is 11.9. The van der Waals surface area contributed by atoms with Gasteiger partial charge in [0, 0.05) is 14.0 Å². The van der Waals surface area contributed by atoms with E-state index in [0.717, 1.165) is 41.7 Å². The standard InChI is InChI=1S/C16H23F5O6.C15H23F5O5.C13H19F5O5.C12H17F5O5/c1-6-9(2)11(23)25-7-12(4)8-26-15(24,16(19,20)21)14(17,18)13(12,5)27-10(3)22;1-6-9(2)10(21)24-7-11(3)8-25-14(22,15(18,19)20)13(16,17)12(11,4)23-5;1-5-7(2)9(19)23-8(3)10(4)11(14,15)12(20,13(16,17)18)22-6-21-10;1-4-7(2)8(18)20-5-9(3)10(13,14)11(19,12(15,16)17)22-6-21-9/h9,24H,6-8H2,1-5H3;9,22H,6-8H2,1-5H3;7-8,20H,5-6H2,1-4H3;7,19H,4-6H2,1-3H3. The lowest BCUT2D eigenvalue weighted by molar-refractivity contribution is -0.505. The van der Waals surface area contributed by atoms with Gasteiger partial charge in [-0.3, -0.25) is 24.0 Å². The van der Waals surface area contributed by atoms with Crippen LogP contribution in [0.5, 0.6) is 0 Å². The molecule has 0 saturated carbocycles. The highest BCUT2D eigenvalue weighted by atomic mass is 19.4. The maximum Gasteiger partial charge on any atom is 0.449 e. The largest absolute Gasteiger partial charge is 0.465 e. The normalized spacial score (nSPS) is 34.7. The predicted octanol–water partition coefficient (Wildman–Crippen LogP) is 10.6. The molecule has 0 aromatic rings. The van der Waals surface area contributed by atoms with E-state index >= 15 is 0 Å². The number of carbonyl (C=O) groups is 5. The zero-order chi connectivity index (χ0) is 77.0. The minimum Gasteiger partial charge on any atom is -0.465 e. The van der Waals surface area contributed by atoms with Crippen molar-refractivity contribution in [2.75, 3.05) is 53.7 Å². The molecule has 4 aliphatic rings. The fourth-order valence-corrected chi connectivity index (χ4v) is 8.85. The van der Waals surface area contributed by atoms with Gasteiger partial charge in [0.05, 0.1) is 47.7 Å². The fourth-order valence-electron chi connectivity index (χ4n) is 8.85. The van der Waals surface area contributed by atoms with Crippen molar-refractivity contribution in [1.29, 1.82) is 0 Å². The van der Waals surface area contributed by atoms with Gasteiger partial charge in [-0.2, -0.15) is 87.8 Å². The van der Waals surface area contributed by atoms with Crippen molar-refractivity contribution in [3.63, 3.8) is 0 Å². The third-order valence-electron chi connectivity index (χ3n) is 17.9. The van der Waals surface area contributed by atoms with Gasteiger partial charge in [0.2, 0.25) is 0 Å². The lowest BCUT2D eigenvalue weighted by atomic mass is 9.67. The van der Waals surface area contributed by atoms with E-state index in [1.807, 2.05) is 0 Å². The molecule has 0 aromatic heterocycles. The van der Waals surface area contributed by atoms with Gasteiger partial charge in [-0.15, -0.1) is 0 Å². The van der Waals surface area contributed by atoms with Crippen LogP contribution < -0.4 is 0 Å². The second kappa shape index (κ2) is 30.6. The number of carbonyl (C=O) groups excluding carboxylic acids is 5. The summed E-state index contributed by atoms with van der Waals surface area (Å²) < 4.78 is 325. The Morgan fingerprint density at radius 2 is 0.711 bits per heavy atom. The molecule has 0 bridgehead atoms. The van der Waals surface area contributed by atoms with E-state index in [9.17, 15) is 132 Å². The Balaban J connectivity index is 0.000000648. The Morgan fingerprint density at radius 3 is 1.03 bits per heavy atom. The fraction of sp³-hybridized carbons (Fsp3) is 0.911. The first-order valence-electron chi connectivity index (χ1n) is 29.1. The number of hydrogen-bond acceptors (Lipinski definition) is 21. The van der Waals surface area contributed by atoms with E-state index in [1.54, 1.807) is 34.6 Å². The van der Waals surface area contributed by atoms with Crippen LogP contribution in [0, 0.1) is 34.5 Å². The second-order valence-corrected chi connectivity index (χ2v) is 24.7. The van der Waals surface area contributed by atoms with Crippen LogP contribution in [0.3, 0.4) is 0 Å². The smallest absolute Gasteiger partial charge is 0.449 e. The van der Waals surface area contributed by atoms with Crippen LogP contribution in [0.1, 0.15) is 136 Å². The van der Waals surface area contributed by atoms with Crippen molar-refractivity contribution in [3.05, 3.63) is 0 Å². The lowest BCUT2D eigenvalue weighted by Gasteiger charge is -2.57. The molecule has 97 heavy (non-hydrogen) atoms. The molecular weight excluding hydrogens is 1390 g/mol. The van der Waals surface area contributed by atoms with E-state index in [0.29, 0.717) is 46.5 Å². The summed E-state index contributed by atoms with van der Waals surface area (Å²) in [5.74, 6) is -45.7. The summed E-state index contributed by atoms with van der Waals surface area (Å²) in [5.41, 5.74) is -15.8. The number of aliphatic hydroxyl groups is 4. The Kier molecular flexibility index (Phi) is 28.6. The van der Waals surface area contributed by atoms with Gasteiger partial charge in [-0.1, -0.05) is 69.2 Å². The molecule has 15 unspecified atom stereocenters. The summed E-state index contributed by atoms with van der Waals surface area (Å²) in [6, 6.07) is 0. The molecule has 41 heteroatoms. The molecule has 572 valence electrons. The Hall–Kier alpha value is -4.49. The Labute approximate surface area is 542 Å². The monoisotopic (exact) mass is 1470 g/mol. The molecule has 4 N–H and O–H groups in total.